The fourth-order valence-electron chi connectivity index (χ4n) is 2.12. The van der Waals surface area contributed by atoms with E-state index in [0.29, 0.717) is 0 Å². The highest BCUT2D eigenvalue weighted by Gasteiger charge is 2.19. The van der Waals surface area contributed by atoms with Crippen molar-refractivity contribution < 1.29 is 18.7 Å². The summed E-state index contributed by atoms with van der Waals surface area (Å²) in [6.45, 7) is 1.31. The van der Waals surface area contributed by atoms with E-state index < -0.39 is 29.6 Å². The van der Waals surface area contributed by atoms with Gasteiger partial charge in [0.05, 0.1) is 0 Å². The highest BCUT2D eigenvalue weighted by atomic mass is 35.5. The number of halogens is 2. The second-order valence-corrected chi connectivity index (χ2v) is 7.45. The van der Waals surface area contributed by atoms with Gasteiger partial charge in [0.15, 0.2) is 6.61 Å². The normalized spacial score (nSPS) is 11.7. The largest absolute Gasteiger partial charge is 0.455 e. The molecule has 0 fully saturated rings. The number of carbonyl (C=O) groups is 2. The minimum absolute atomic E-state index is 0.00376. The maximum absolute atomic E-state index is 13.8. The van der Waals surface area contributed by atoms with Gasteiger partial charge in [-0.05, 0) is 31.2 Å². The van der Waals surface area contributed by atoms with Crippen molar-refractivity contribution in [1.82, 2.24) is 4.90 Å². The molecule has 1 unspecified atom stereocenters. The molecule has 0 aliphatic heterocycles. The van der Waals surface area contributed by atoms with Crippen molar-refractivity contribution in [2.24, 2.45) is 0 Å². The van der Waals surface area contributed by atoms with Gasteiger partial charge < -0.3 is 9.64 Å². The van der Waals surface area contributed by atoms with Crippen LogP contribution in [-0.2, 0) is 20.9 Å². The van der Waals surface area contributed by atoms with Gasteiger partial charge in [-0.3, -0.25) is 9.59 Å². The van der Waals surface area contributed by atoms with Crippen LogP contribution < -0.4 is 0 Å². The van der Waals surface area contributed by atoms with Gasteiger partial charge in [0, 0.05) is 29.1 Å². The zero-order valence-corrected chi connectivity index (χ0v) is 16.0. The first kappa shape index (κ1) is 20.3. The van der Waals surface area contributed by atoms with Crippen molar-refractivity contribution >= 4 is 35.2 Å². The average molecular weight is 396 g/mol. The summed E-state index contributed by atoms with van der Waals surface area (Å²) in [5.74, 6) is -1.40. The summed E-state index contributed by atoms with van der Waals surface area (Å²) in [5.41, 5.74) is 0.226. The molecular weight excluding hydrogens is 377 g/mol. The topological polar surface area (TPSA) is 46.6 Å². The van der Waals surface area contributed by atoms with Gasteiger partial charge in [-0.15, -0.1) is 11.8 Å². The van der Waals surface area contributed by atoms with Crippen LogP contribution in [-0.4, -0.2) is 35.7 Å². The lowest BCUT2D eigenvalue weighted by atomic mass is 10.2. The summed E-state index contributed by atoms with van der Waals surface area (Å²) in [6.07, 6.45) is 0. The maximum atomic E-state index is 13.8. The highest BCUT2D eigenvalue weighted by molar-refractivity contribution is 8.00. The number of ether oxygens (including phenoxy) is 1. The summed E-state index contributed by atoms with van der Waals surface area (Å²) in [7, 11) is 1.50. The molecule has 2 aromatic carbocycles. The summed E-state index contributed by atoms with van der Waals surface area (Å²) < 4.78 is 18.9. The number of hydrogen-bond acceptors (Lipinski definition) is 4. The minimum atomic E-state index is -0.484. The third kappa shape index (κ3) is 5.75. The molecule has 2 rings (SSSR count). The summed E-state index contributed by atoms with van der Waals surface area (Å²) >= 11 is 7.31. The van der Waals surface area contributed by atoms with Crippen LogP contribution in [0.15, 0.2) is 53.4 Å². The van der Waals surface area contributed by atoms with Crippen LogP contribution >= 0.6 is 23.4 Å². The van der Waals surface area contributed by atoms with E-state index in [1.54, 1.807) is 13.0 Å². The first-order valence-electron chi connectivity index (χ1n) is 7.93. The van der Waals surface area contributed by atoms with Crippen molar-refractivity contribution in [3.63, 3.8) is 0 Å². The van der Waals surface area contributed by atoms with Crippen molar-refractivity contribution in [1.29, 1.82) is 0 Å². The Balaban J connectivity index is 1.84. The van der Waals surface area contributed by atoms with Crippen LogP contribution in [0.3, 0.4) is 0 Å². The van der Waals surface area contributed by atoms with E-state index in [-0.39, 0.29) is 17.1 Å². The molecule has 138 valence electrons. The Labute approximate surface area is 161 Å². The molecule has 0 bridgehead atoms. The van der Waals surface area contributed by atoms with Crippen LogP contribution in [0.25, 0.3) is 0 Å². The lowest BCUT2D eigenvalue weighted by Gasteiger charge is -2.19. The molecule has 0 N–H and O–H groups in total. The van der Waals surface area contributed by atoms with Crippen molar-refractivity contribution in [2.45, 2.75) is 23.6 Å². The maximum Gasteiger partial charge on any atom is 0.319 e. The van der Waals surface area contributed by atoms with E-state index in [2.05, 4.69) is 0 Å². The van der Waals surface area contributed by atoms with Gasteiger partial charge in [-0.2, -0.15) is 0 Å². The number of thioether (sulfide) groups is 1. The smallest absolute Gasteiger partial charge is 0.319 e. The first-order valence-corrected chi connectivity index (χ1v) is 9.19. The molecule has 0 radical (unpaired) electrons. The quantitative estimate of drug-likeness (QED) is 0.521. The first-order chi connectivity index (χ1) is 12.4. The fraction of sp³-hybridized carbons (Fsp3) is 0.263. The Morgan fingerprint density at radius 3 is 2.54 bits per heavy atom. The lowest BCUT2D eigenvalue weighted by Crippen LogP contribution is -2.32. The van der Waals surface area contributed by atoms with E-state index >= 15 is 0 Å². The molecule has 1 amide bonds. The predicted molar refractivity (Wildman–Crippen MR) is 101 cm³/mol. The SMILES string of the molecule is CC(Sc1ccccc1)C(=O)OCC(=O)N(C)Cc1c(F)cccc1Cl. The Morgan fingerprint density at radius 1 is 1.19 bits per heavy atom. The fourth-order valence-corrected chi connectivity index (χ4v) is 3.23. The number of likely N-dealkylation sites (N-methyl/N-ethyl adjacent to an activating group) is 1. The zero-order valence-electron chi connectivity index (χ0n) is 14.4. The Kier molecular flexibility index (Phi) is 7.48. The van der Waals surface area contributed by atoms with Gasteiger partial charge in [0.1, 0.15) is 11.1 Å². The number of amides is 1. The van der Waals surface area contributed by atoms with Crippen molar-refractivity contribution in [2.75, 3.05) is 13.7 Å². The second-order valence-electron chi connectivity index (χ2n) is 5.63. The standard InChI is InChI=1S/C19H19ClFNO3S/c1-13(26-14-7-4-3-5-8-14)19(24)25-12-18(23)22(2)11-15-16(20)9-6-10-17(15)21/h3-10,13H,11-12H2,1-2H3. The molecule has 0 saturated carbocycles. The van der Waals surface area contributed by atoms with E-state index in [1.807, 2.05) is 30.3 Å². The third-order valence-electron chi connectivity index (χ3n) is 3.61. The van der Waals surface area contributed by atoms with Crippen LogP contribution in [0.4, 0.5) is 4.39 Å². The molecule has 7 heteroatoms. The molecule has 0 aromatic heterocycles. The van der Waals surface area contributed by atoms with Gasteiger partial charge in [0.2, 0.25) is 0 Å². The highest BCUT2D eigenvalue weighted by Crippen LogP contribution is 2.23. The average Bonchev–Trinajstić information content (AvgIpc) is 2.63. The van der Waals surface area contributed by atoms with E-state index in [9.17, 15) is 14.0 Å². The third-order valence-corrected chi connectivity index (χ3v) is 5.05. The van der Waals surface area contributed by atoms with Crippen LogP contribution in [0.5, 0.6) is 0 Å². The van der Waals surface area contributed by atoms with Crippen LogP contribution in [0.2, 0.25) is 5.02 Å². The molecule has 1 atom stereocenters. The Bertz CT molecular complexity index is 752. The number of nitrogens with zero attached hydrogens (tertiary/aromatic N) is 1. The van der Waals surface area contributed by atoms with Crippen molar-refractivity contribution in [3.05, 3.63) is 64.9 Å². The molecule has 0 heterocycles. The summed E-state index contributed by atoms with van der Waals surface area (Å²) in [4.78, 5) is 26.4. The Hall–Kier alpha value is -2.05. The summed E-state index contributed by atoms with van der Waals surface area (Å²) in [5, 5.41) is -0.203. The van der Waals surface area contributed by atoms with E-state index in [1.165, 1.54) is 35.8 Å². The molecule has 0 aliphatic rings. The van der Waals surface area contributed by atoms with Crippen molar-refractivity contribution in [3.8, 4) is 0 Å². The molecule has 2 aromatic rings. The number of hydrogen-bond donors (Lipinski definition) is 0. The minimum Gasteiger partial charge on any atom is -0.455 e. The van der Waals surface area contributed by atoms with Gasteiger partial charge in [-0.25, -0.2) is 4.39 Å². The number of carbonyl (C=O) groups excluding carboxylic acids is 2. The predicted octanol–water partition coefficient (Wildman–Crippen LogP) is 4.16. The van der Waals surface area contributed by atoms with E-state index in [4.69, 9.17) is 16.3 Å². The van der Waals surface area contributed by atoms with Gasteiger partial charge in [0.25, 0.3) is 5.91 Å². The molecule has 4 nitrogen and oxygen atoms in total. The summed E-state index contributed by atoms with van der Waals surface area (Å²) in [6, 6.07) is 13.8. The lowest BCUT2D eigenvalue weighted by molar-refractivity contribution is -0.151. The Morgan fingerprint density at radius 2 is 1.88 bits per heavy atom. The number of esters is 1. The van der Waals surface area contributed by atoms with Gasteiger partial charge in [-0.1, -0.05) is 35.9 Å². The molecule has 26 heavy (non-hydrogen) atoms. The second kappa shape index (κ2) is 9.59. The number of benzene rings is 2. The van der Waals surface area contributed by atoms with Crippen LogP contribution in [0.1, 0.15) is 12.5 Å². The number of rotatable bonds is 7. The molecular formula is C19H19ClFNO3S. The zero-order chi connectivity index (χ0) is 19.1. The van der Waals surface area contributed by atoms with Crippen LogP contribution in [0, 0.1) is 5.82 Å². The van der Waals surface area contributed by atoms with Gasteiger partial charge >= 0.3 is 5.97 Å². The molecule has 0 spiro atoms. The molecule has 0 aliphatic carbocycles. The monoisotopic (exact) mass is 395 g/mol. The van der Waals surface area contributed by atoms with E-state index in [0.717, 1.165) is 4.90 Å². The molecule has 0 saturated heterocycles.